The molecular formula is C21H34N2O4. The van der Waals surface area contributed by atoms with Crippen LogP contribution in [-0.4, -0.2) is 38.1 Å². The summed E-state index contributed by atoms with van der Waals surface area (Å²) in [4.78, 5) is 25.4. The Kier molecular flexibility index (Phi) is 9.68. The van der Waals surface area contributed by atoms with Crippen LogP contribution < -0.4 is 20.1 Å². The van der Waals surface area contributed by atoms with Crippen LogP contribution in [0.2, 0.25) is 0 Å². The lowest BCUT2D eigenvalue weighted by atomic mass is 10.0. The van der Waals surface area contributed by atoms with Gasteiger partial charge in [0.1, 0.15) is 17.5 Å². The van der Waals surface area contributed by atoms with Crippen LogP contribution in [0.15, 0.2) is 18.2 Å². The smallest absolute Gasteiger partial charge is 0.252 e. The molecule has 0 heterocycles. The third kappa shape index (κ3) is 7.49. The van der Waals surface area contributed by atoms with Crippen LogP contribution in [0.4, 0.5) is 0 Å². The number of amides is 2. The van der Waals surface area contributed by atoms with Crippen molar-refractivity contribution in [2.75, 3.05) is 14.2 Å². The van der Waals surface area contributed by atoms with E-state index in [1.54, 1.807) is 18.2 Å². The second-order valence-electron chi connectivity index (χ2n) is 7.20. The molecule has 0 fully saturated rings. The molecule has 2 N–H and O–H groups in total. The fourth-order valence-electron chi connectivity index (χ4n) is 2.80. The predicted octanol–water partition coefficient (Wildman–Crippen LogP) is 3.54. The number of carbonyl (C=O) groups is 2. The summed E-state index contributed by atoms with van der Waals surface area (Å²) < 4.78 is 10.4. The zero-order chi connectivity index (χ0) is 20.4. The van der Waals surface area contributed by atoms with Gasteiger partial charge in [-0.3, -0.25) is 9.59 Å². The fraction of sp³-hybridized carbons (Fsp3) is 0.619. The molecule has 0 radical (unpaired) electrons. The van der Waals surface area contributed by atoms with Gasteiger partial charge in [0, 0.05) is 17.7 Å². The fourth-order valence-corrected chi connectivity index (χ4v) is 2.80. The molecule has 0 aliphatic heterocycles. The first-order chi connectivity index (χ1) is 12.8. The Bertz CT molecular complexity index is 594. The summed E-state index contributed by atoms with van der Waals surface area (Å²) in [5.41, 5.74) is 0.389. The Hall–Kier alpha value is -2.24. The maximum absolute atomic E-state index is 12.7. The minimum Gasteiger partial charge on any atom is -0.497 e. The highest BCUT2D eigenvalue weighted by Gasteiger charge is 2.26. The van der Waals surface area contributed by atoms with Crippen LogP contribution in [0.3, 0.4) is 0 Å². The van der Waals surface area contributed by atoms with Gasteiger partial charge in [0.05, 0.1) is 14.2 Å². The number of nitrogens with one attached hydrogen (secondary N) is 2. The van der Waals surface area contributed by atoms with Crippen molar-refractivity contribution in [3.63, 3.8) is 0 Å². The average molecular weight is 379 g/mol. The Morgan fingerprint density at radius 3 is 2.04 bits per heavy atom. The highest BCUT2D eigenvalue weighted by molar-refractivity contribution is 5.98. The molecule has 152 valence electrons. The van der Waals surface area contributed by atoms with E-state index in [-0.39, 0.29) is 23.8 Å². The molecule has 0 bridgehead atoms. The minimum absolute atomic E-state index is 0.0377. The lowest BCUT2D eigenvalue weighted by Gasteiger charge is -2.24. The predicted molar refractivity (Wildman–Crippen MR) is 107 cm³/mol. The van der Waals surface area contributed by atoms with Crippen LogP contribution in [0, 0.1) is 5.92 Å². The van der Waals surface area contributed by atoms with Gasteiger partial charge in [-0.05, 0) is 31.4 Å². The highest BCUT2D eigenvalue weighted by atomic mass is 16.5. The van der Waals surface area contributed by atoms with E-state index in [0.29, 0.717) is 17.1 Å². The van der Waals surface area contributed by atoms with Gasteiger partial charge < -0.3 is 20.1 Å². The Morgan fingerprint density at radius 2 is 1.56 bits per heavy atom. The summed E-state index contributed by atoms with van der Waals surface area (Å²) in [6.07, 6.45) is 4.32. The van der Waals surface area contributed by atoms with E-state index in [2.05, 4.69) is 17.6 Å². The first kappa shape index (κ1) is 22.8. The summed E-state index contributed by atoms with van der Waals surface area (Å²) >= 11 is 0. The molecule has 2 unspecified atom stereocenters. The molecule has 2 atom stereocenters. The van der Waals surface area contributed by atoms with Gasteiger partial charge in [-0.15, -0.1) is 0 Å². The monoisotopic (exact) mass is 378 g/mol. The summed E-state index contributed by atoms with van der Waals surface area (Å²) in [6, 6.07) is 4.42. The van der Waals surface area contributed by atoms with Crippen molar-refractivity contribution in [3.8, 4) is 11.5 Å². The van der Waals surface area contributed by atoms with E-state index in [4.69, 9.17) is 9.47 Å². The zero-order valence-electron chi connectivity index (χ0n) is 17.4. The van der Waals surface area contributed by atoms with Gasteiger partial charge in [-0.1, -0.05) is 40.0 Å². The van der Waals surface area contributed by atoms with Gasteiger partial charge >= 0.3 is 0 Å². The lowest BCUT2D eigenvalue weighted by Crippen LogP contribution is -2.51. The zero-order valence-corrected chi connectivity index (χ0v) is 17.4. The molecular weight excluding hydrogens is 344 g/mol. The van der Waals surface area contributed by atoms with Crippen LogP contribution in [0.1, 0.15) is 63.7 Å². The molecule has 1 aromatic carbocycles. The summed E-state index contributed by atoms with van der Waals surface area (Å²) in [7, 11) is 3.06. The normalized spacial score (nSPS) is 13.0. The van der Waals surface area contributed by atoms with Crippen molar-refractivity contribution in [1.29, 1.82) is 0 Å². The van der Waals surface area contributed by atoms with Crippen LogP contribution >= 0.6 is 0 Å². The number of ether oxygens (including phenoxy) is 2. The van der Waals surface area contributed by atoms with Crippen LogP contribution in [-0.2, 0) is 4.79 Å². The summed E-state index contributed by atoms with van der Waals surface area (Å²) in [5, 5.41) is 5.86. The number of carbonyl (C=O) groups excluding carboxylic acids is 2. The molecule has 1 rings (SSSR count). The molecule has 0 saturated heterocycles. The number of hydrogen-bond donors (Lipinski definition) is 2. The molecule has 6 nitrogen and oxygen atoms in total. The van der Waals surface area contributed by atoms with E-state index in [0.717, 1.165) is 25.7 Å². The number of hydrogen-bond acceptors (Lipinski definition) is 4. The number of unbranched alkanes of at least 4 members (excludes halogenated alkanes) is 2. The van der Waals surface area contributed by atoms with E-state index >= 15 is 0 Å². The molecule has 6 heteroatoms. The quantitative estimate of drug-likeness (QED) is 0.578. The van der Waals surface area contributed by atoms with Crippen molar-refractivity contribution < 1.29 is 19.1 Å². The number of benzene rings is 1. The van der Waals surface area contributed by atoms with Crippen LogP contribution in [0.5, 0.6) is 11.5 Å². The van der Waals surface area contributed by atoms with Crippen molar-refractivity contribution in [2.45, 2.75) is 65.5 Å². The molecule has 27 heavy (non-hydrogen) atoms. The largest absolute Gasteiger partial charge is 0.497 e. The van der Waals surface area contributed by atoms with Crippen LogP contribution in [0.25, 0.3) is 0 Å². The second kappa shape index (κ2) is 11.5. The molecule has 1 aromatic rings. The van der Waals surface area contributed by atoms with Gasteiger partial charge in [0.2, 0.25) is 5.91 Å². The van der Waals surface area contributed by atoms with Gasteiger partial charge in [-0.25, -0.2) is 0 Å². The van der Waals surface area contributed by atoms with Crippen molar-refractivity contribution in [3.05, 3.63) is 23.8 Å². The number of rotatable bonds is 11. The topological polar surface area (TPSA) is 76.7 Å². The van der Waals surface area contributed by atoms with Crippen molar-refractivity contribution in [1.82, 2.24) is 10.6 Å². The number of methoxy groups -OCH3 is 2. The highest BCUT2D eigenvalue weighted by Crippen LogP contribution is 2.22. The Morgan fingerprint density at radius 1 is 0.963 bits per heavy atom. The standard InChI is InChI=1S/C21H34N2O4/c1-7-8-9-10-15(4)22-21(25)19(14(2)3)23-20(24)16-11-17(26-5)13-18(12-16)27-6/h11-15,19H,7-10H2,1-6H3,(H,22,25)(H,23,24). The average Bonchev–Trinajstić information content (AvgIpc) is 2.65. The molecule has 0 aromatic heterocycles. The van der Waals surface area contributed by atoms with Crippen molar-refractivity contribution in [2.24, 2.45) is 5.92 Å². The molecule has 2 amide bonds. The Labute approximate surface area is 163 Å². The lowest BCUT2D eigenvalue weighted by molar-refractivity contribution is -0.124. The van der Waals surface area contributed by atoms with E-state index < -0.39 is 6.04 Å². The van der Waals surface area contributed by atoms with Gasteiger partial charge in [-0.2, -0.15) is 0 Å². The maximum atomic E-state index is 12.7. The summed E-state index contributed by atoms with van der Waals surface area (Å²) in [5.74, 6) is 0.519. The Balaban J connectivity index is 2.81. The van der Waals surface area contributed by atoms with E-state index in [9.17, 15) is 9.59 Å². The molecule has 0 aliphatic carbocycles. The van der Waals surface area contributed by atoms with E-state index in [1.807, 2.05) is 20.8 Å². The summed E-state index contributed by atoms with van der Waals surface area (Å²) in [6.45, 7) is 7.98. The molecule has 0 saturated carbocycles. The first-order valence-electron chi connectivity index (χ1n) is 9.66. The SMILES string of the molecule is CCCCCC(C)NC(=O)C(NC(=O)c1cc(OC)cc(OC)c1)C(C)C. The minimum atomic E-state index is -0.608. The van der Waals surface area contributed by atoms with Crippen molar-refractivity contribution >= 4 is 11.8 Å². The second-order valence-corrected chi connectivity index (χ2v) is 7.20. The van der Waals surface area contributed by atoms with Gasteiger partial charge in [0.15, 0.2) is 0 Å². The molecule has 0 aliphatic rings. The van der Waals surface area contributed by atoms with Gasteiger partial charge in [0.25, 0.3) is 5.91 Å². The maximum Gasteiger partial charge on any atom is 0.252 e. The third-order valence-electron chi connectivity index (χ3n) is 4.48. The first-order valence-corrected chi connectivity index (χ1v) is 9.66. The molecule has 0 spiro atoms. The third-order valence-corrected chi connectivity index (χ3v) is 4.48. The van der Waals surface area contributed by atoms with E-state index in [1.165, 1.54) is 14.2 Å².